The van der Waals surface area contributed by atoms with Gasteiger partial charge in [0.2, 0.25) is 5.91 Å². The largest absolute Gasteiger partial charge is 0.337 e. The van der Waals surface area contributed by atoms with Crippen molar-refractivity contribution >= 4 is 29.1 Å². The highest BCUT2D eigenvalue weighted by Crippen LogP contribution is 2.27. The minimum Gasteiger partial charge on any atom is -0.337 e. The Kier molecular flexibility index (Phi) is 6.57. The van der Waals surface area contributed by atoms with E-state index in [-0.39, 0.29) is 11.9 Å². The molecule has 1 N–H and O–H groups in total. The molecule has 2 heterocycles. The summed E-state index contributed by atoms with van der Waals surface area (Å²) in [6, 6.07) is 14.9. The Hall–Kier alpha value is -2.85. The van der Waals surface area contributed by atoms with Crippen LogP contribution in [0.4, 0.5) is 0 Å². The van der Waals surface area contributed by atoms with Gasteiger partial charge in [-0.3, -0.25) is 4.79 Å². The van der Waals surface area contributed by atoms with Crippen molar-refractivity contribution in [2.75, 3.05) is 6.54 Å². The molecule has 1 aliphatic heterocycles. The molecule has 0 unspecified atom stereocenters. The van der Waals surface area contributed by atoms with Crippen molar-refractivity contribution < 1.29 is 4.79 Å². The molecule has 3 aromatic rings. The number of nitrogens with zero attached hydrogens (tertiary/aromatic N) is 4. The number of benzene rings is 2. The van der Waals surface area contributed by atoms with E-state index < -0.39 is 0 Å². The minimum atomic E-state index is -0.240. The first-order chi connectivity index (χ1) is 15.0. The van der Waals surface area contributed by atoms with Crippen molar-refractivity contribution in [3.05, 3.63) is 87.4 Å². The maximum Gasteiger partial charge on any atom is 0.240 e. The summed E-state index contributed by atoms with van der Waals surface area (Å²) < 4.78 is 2.04. The number of halogens is 2. The normalized spacial score (nSPS) is 16.0. The monoisotopic (exact) mass is 453 g/mol. The molecule has 158 valence electrons. The van der Waals surface area contributed by atoms with Crippen LogP contribution < -0.4 is 5.32 Å². The molecule has 2 aromatic carbocycles. The molecule has 1 fully saturated rings. The van der Waals surface area contributed by atoms with E-state index in [2.05, 4.69) is 16.4 Å². The third-order valence-electron chi connectivity index (χ3n) is 5.45. The van der Waals surface area contributed by atoms with E-state index >= 15 is 0 Å². The first-order valence-electron chi connectivity index (χ1n) is 9.98. The van der Waals surface area contributed by atoms with E-state index in [1.807, 2.05) is 45.9 Å². The number of rotatable bonds is 7. The van der Waals surface area contributed by atoms with Crippen molar-refractivity contribution in [3.63, 3.8) is 0 Å². The van der Waals surface area contributed by atoms with Crippen LogP contribution in [0.1, 0.15) is 28.8 Å². The summed E-state index contributed by atoms with van der Waals surface area (Å²) in [6.45, 7) is 2.32. The second kappa shape index (κ2) is 9.52. The Morgan fingerprint density at radius 3 is 2.74 bits per heavy atom. The fourth-order valence-electron chi connectivity index (χ4n) is 3.71. The van der Waals surface area contributed by atoms with E-state index in [0.29, 0.717) is 41.8 Å². The molecule has 0 radical (unpaired) electrons. The number of carbonyl (C=O) groups excluding carboxylic acids is 1. The fourth-order valence-corrected chi connectivity index (χ4v) is 4.09. The highest BCUT2D eigenvalue weighted by molar-refractivity contribution is 6.42. The quantitative estimate of drug-likeness (QED) is 0.586. The summed E-state index contributed by atoms with van der Waals surface area (Å²) in [5, 5.41) is 13.3. The molecule has 0 spiro atoms. The van der Waals surface area contributed by atoms with Gasteiger partial charge < -0.3 is 14.8 Å². The lowest BCUT2D eigenvalue weighted by atomic mass is 10.1. The highest BCUT2D eigenvalue weighted by Gasteiger charge is 2.31. The smallest absolute Gasteiger partial charge is 0.240 e. The van der Waals surface area contributed by atoms with Crippen LogP contribution in [-0.4, -0.2) is 32.9 Å². The average molecular weight is 454 g/mol. The molecule has 0 bridgehead atoms. The Morgan fingerprint density at radius 2 is 1.97 bits per heavy atom. The number of aromatic nitrogens is 2. The second-order valence-corrected chi connectivity index (χ2v) is 8.30. The van der Waals surface area contributed by atoms with Crippen LogP contribution in [0.15, 0.2) is 55.0 Å². The molecule has 31 heavy (non-hydrogen) atoms. The van der Waals surface area contributed by atoms with Crippen molar-refractivity contribution in [3.8, 4) is 6.07 Å². The zero-order valence-electron chi connectivity index (χ0n) is 16.8. The molecule has 0 saturated carbocycles. The van der Waals surface area contributed by atoms with Gasteiger partial charge in [0.25, 0.3) is 0 Å². The van der Waals surface area contributed by atoms with Crippen LogP contribution >= 0.6 is 23.2 Å². The molecule has 1 saturated heterocycles. The van der Waals surface area contributed by atoms with E-state index in [1.165, 1.54) is 0 Å². The summed E-state index contributed by atoms with van der Waals surface area (Å²) in [6.07, 6.45) is 4.32. The number of carbonyl (C=O) groups is 1. The van der Waals surface area contributed by atoms with Crippen molar-refractivity contribution in [2.24, 2.45) is 0 Å². The average Bonchev–Trinajstić information content (AvgIpc) is 3.36. The van der Waals surface area contributed by atoms with Crippen LogP contribution in [0.2, 0.25) is 10.0 Å². The van der Waals surface area contributed by atoms with Crippen LogP contribution in [0.5, 0.6) is 0 Å². The van der Waals surface area contributed by atoms with Crippen LogP contribution in [0.25, 0.3) is 0 Å². The zero-order chi connectivity index (χ0) is 21.8. The Morgan fingerprint density at radius 1 is 1.16 bits per heavy atom. The van der Waals surface area contributed by atoms with Crippen molar-refractivity contribution in [1.29, 1.82) is 5.26 Å². The lowest BCUT2D eigenvalue weighted by molar-refractivity contribution is -0.129. The van der Waals surface area contributed by atoms with E-state index in [0.717, 1.165) is 23.2 Å². The van der Waals surface area contributed by atoms with Gasteiger partial charge in [0.1, 0.15) is 0 Å². The zero-order valence-corrected chi connectivity index (χ0v) is 18.3. The molecular formula is C23H21Cl2N5O. The molecule has 0 aliphatic carbocycles. The Balaban J connectivity index is 1.35. The molecule has 1 atom stereocenters. The molecule has 1 aromatic heterocycles. The van der Waals surface area contributed by atoms with Gasteiger partial charge in [-0.25, -0.2) is 4.98 Å². The second-order valence-electron chi connectivity index (χ2n) is 7.52. The predicted octanol–water partition coefficient (Wildman–Crippen LogP) is 4.00. The standard InChI is InChI=1S/C23H21Cl2N5O/c24-20-3-1-2-18(22(20)25)14-29-9-8-21(23(29)31)28-12-19-11-27-15-30(19)13-17-6-4-16(10-26)5-7-17/h1-7,11,15,21,28H,8-9,12-14H2/t21-/m0/s1. The maximum atomic E-state index is 12.8. The summed E-state index contributed by atoms with van der Waals surface area (Å²) in [4.78, 5) is 18.9. The van der Waals surface area contributed by atoms with Gasteiger partial charge in [-0.15, -0.1) is 0 Å². The lowest BCUT2D eigenvalue weighted by Gasteiger charge is -2.18. The van der Waals surface area contributed by atoms with E-state index in [4.69, 9.17) is 28.5 Å². The number of hydrogen-bond acceptors (Lipinski definition) is 4. The number of nitriles is 1. The summed E-state index contributed by atoms with van der Waals surface area (Å²) >= 11 is 12.4. The molecule has 4 rings (SSSR count). The first-order valence-corrected chi connectivity index (χ1v) is 10.7. The van der Waals surface area contributed by atoms with Crippen LogP contribution in [0.3, 0.4) is 0 Å². The maximum absolute atomic E-state index is 12.8. The third-order valence-corrected chi connectivity index (χ3v) is 6.31. The molecule has 6 nitrogen and oxygen atoms in total. The van der Waals surface area contributed by atoms with Gasteiger partial charge in [0.05, 0.1) is 39.7 Å². The highest BCUT2D eigenvalue weighted by atomic mass is 35.5. The summed E-state index contributed by atoms with van der Waals surface area (Å²) in [5.41, 5.74) is 3.57. The van der Waals surface area contributed by atoms with Crippen molar-refractivity contribution in [2.45, 2.75) is 32.1 Å². The molecule has 1 aliphatic rings. The number of imidazole rings is 1. The van der Waals surface area contributed by atoms with Gasteiger partial charge >= 0.3 is 0 Å². The van der Waals surface area contributed by atoms with Gasteiger partial charge in [0.15, 0.2) is 0 Å². The number of likely N-dealkylation sites (tertiary alicyclic amines) is 1. The van der Waals surface area contributed by atoms with Gasteiger partial charge in [-0.05, 0) is 35.7 Å². The summed E-state index contributed by atoms with van der Waals surface area (Å²) in [5.74, 6) is 0.0641. The van der Waals surface area contributed by atoms with Crippen LogP contribution in [-0.2, 0) is 24.4 Å². The SMILES string of the molecule is N#Cc1ccc(Cn2cncc2CN[C@H]2CCN(Cc3cccc(Cl)c3Cl)C2=O)cc1. The minimum absolute atomic E-state index is 0.0641. The summed E-state index contributed by atoms with van der Waals surface area (Å²) in [7, 11) is 0. The van der Waals surface area contributed by atoms with Gasteiger partial charge in [-0.2, -0.15) is 5.26 Å². The number of amides is 1. The molecular weight excluding hydrogens is 433 g/mol. The number of hydrogen-bond donors (Lipinski definition) is 1. The Labute approximate surface area is 191 Å². The topological polar surface area (TPSA) is 74.0 Å². The van der Waals surface area contributed by atoms with Gasteiger partial charge in [0, 0.05) is 32.4 Å². The molecule has 1 amide bonds. The van der Waals surface area contributed by atoms with Crippen molar-refractivity contribution in [1.82, 2.24) is 19.8 Å². The first kappa shape index (κ1) is 21.4. The van der Waals surface area contributed by atoms with Crippen LogP contribution in [0, 0.1) is 11.3 Å². The third kappa shape index (κ3) is 4.91. The molecule has 8 heteroatoms. The van der Waals surface area contributed by atoms with E-state index in [1.54, 1.807) is 18.6 Å². The number of nitrogens with one attached hydrogen (secondary N) is 1. The lowest BCUT2D eigenvalue weighted by Crippen LogP contribution is -2.38. The Bertz CT molecular complexity index is 1120. The fraction of sp³-hybridized carbons (Fsp3) is 0.261. The van der Waals surface area contributed by atoms with E-state index in [9.17, 15) is 4.79 Å². The van der Waals surface area contributed by atoms with Gasteiger partial charge in [-0.1, -0.05) is 47.5 Å². The predicted molar refractivity (Wildman–Crippen MR) is 120 cm³/mol.